The third-order valence-corrected chi connectivity index (χ3v) is 8.43. The molecule has 0 fully saturated rings. The summed E-state index contributed by atoms with van der Waals surface area (Å²) in [6.07, 6.45) is 2.52. The van der Waals surface area contributed by atoms with Gasteiger partial charge in [0.05, 0.1) is 12.1 Å². The molecule has 0 radical (unpaired) electrons. The van der Waals surface area contributed by atoms with Crippen LogP contribution >= 0.6 is 11.8 Å². The van der Waals surface area contributed by atoms with E-state index in [4.69, 9.17) is 0 Å². The van der Waals surface area contributed by atoms with Gasteiger partial charge in [0.15, 0.2) is 5.78 Å². The Morgan fingerprint density at radius 3 is 2.11 bits per heavy atom. The molecular formula is C33H23NOS. The molecule has 5 aromatic rings. The van der Waals surface area contributed by atoms with Crippen LogP contribution < -0.4 is 4.90 Å². The second-order valence-corrected chi connectivity index (χ2v) is 10.4. The zero-order chi connectivity index (χ0) is 24.2. The second-order valence-electron chi connectivity index (χ2n) is 9.37. The van der Waals surface area contributed by atoms with Gasteiger partial charge in [0.2, 0.25) is 0 Å². The van der Waals surface area contributed by atoms with Crippen molar-refractivity contribution in [1.82, 2.24) is 0 Å². The molecule has 36 heavy (non-hydrogen) atoms. The Hall–Kier alpha value is -4.08. The van der Waals surface area contributed by atoms with Crippen molar-refractivity contribution in [2.24, 2.45) is 0 Å². The van der Waals surface area contributed by atoms with E-state index in [0.29, 0.717) is 6.42 Å². The fraction of sp³-hybridized carbons (Fsp3) is 0.0606. The third-order valence-electron chi connectivity index (χ3n) is 7.31. The van der Waals surface area contributed by atoms with E-state index in [1.807, 2.05) is 18.2 Å². The van der Waals surface area contributed by atoms with Crippen molar-refractivity contribution in [1.29, 1.82) is 0 Å². The number of allylic oxidation sites excluding steroid dienone is 3. The van der Waals surface area contributed by atoms with Crippen LogP contribution in [0, 0.1) is 0 Å². The molecule has 0 N–H and O–H groups in total. The molecule has 7 rings (SSSR count). The minimum absolute atomic E-state index is 0.174. The summed E-state index contributed by atoms with van der Waals surface area (Å²) in [5.74, 6) is 0.174. The maximum atomic E-state index is 13.4. The standard InChI is InChI=1S/C33H23NOS/c1-34-29-17-16-23(26-14-6-10-21-8-2-4-12-24(21)26)18-32(29)36-33-19-28(31(35)20-30(33)34)27-15-7-11-22-9-3-5-13-25(22)27/h2-19H,20H2,1H3. The zero-order valence-electron chi connectivity index (χ0n) is 19.9. The number of hydrogen-bond acceptors (Lipinski definition) is 3. The van der Waals surface area contributed by atoms with Crippen LogP contribution in [0.4, 0.5) is 5.69 Å². The van der Waals surface area contributed by atoms with Gasteiger partial charge in [-0.1, -0.05) is 103 Å². The van der Waals surface area contributed by atoms with Crippen LogP contribution in [0.1, 0.15) is 12.0 Å². The highest BCUT2D eigenvalue weighted by Gasteiger charge is 2.30. The van der Waals surface area contributed by atoms with Crippen molar-refractivity contribution >= 4 is 50.4 Å². The number of ketones is 1. The zero-order valence-corrected chi connectivity index (χ0v) is 20.7. The minimum atomic E-state index is 0.174. The molecule has 2 nitrogen and oxygen atoms in total. The van der Waals surface area contributed by atoms with Crippen LogP contribution in [0.25, 0.3) is 38.2 Å². The number of benzene rings is 5. The van der Waals surface area contributed by atoms with Crippen LogP contribution in [0.2, 0.25) is 0 Å². The molecule has 0 saturated heterocycles. The van der Waals surface area contributed by atoms with Gasteiger partial charge in [-0.3, -0.25) is 4.79 Å². The lowest BCUT2D eigenvalue weighted by Gasteiger charge is -2.34. The average Bonchev–Trinajstić information content (AvgIpc) is 2.92. The number of fused-ring (bicyclic) bond motifs is 3. The molecule has 1 aliphatic carbocycles. The number of nitrogens with zero attached hydrogens (tertiary/aromatic N) is 1. The van der Waals surface area contributed by atoms with Gasteiger partial charge in [0.25, 0.3) is 0 Å². The molecule has 0 bridgehead atoms. The Bertz CT molecular complexity index is 1770. The average molecular weight is 482 g/mol. The number of hydrogen-bond donors (Lipinski definition) is 0. The molecule has 1 aliphatic heterocycles. The van der Waals surface area contributed by atoms with Crippen molar-refractivity contribution < 1.29 is 4.79 Å². The molecule has 0 unspecified atom stereocenters. The summed E-state index contributed by atoms with van der Waals surface area (Å²) in [6, 6.07) is 36.2. The number of rotatable bonds is 2. The number of Topliss-reactive ketones (excluding diaryl/α,β-unsaturated/α-hetero) is 1. The minimum Gasteiger partial charge on any atom is -0.346 e. The van der Waals surface area contributed by atoms with Crippen LogP contribution in [0.3, 0.4) is 0 Å². The molecule has 172 valence electrons. The molecule has 0 saturated carbocycles. The molecule has 3 heteroatoms. The maximum Gasteiger partial charge on any atom is 0.169 e. The van der Waals surface area contributed by atoms with Gasteiger partial charge in [0.1, 0.15) is 0 Å². The van der Waals surface area contributed by atoms with E-state index < -0.39 is 0 Å². The largest absolute Gasteiger partial charge is 0.346 e. The van der Waals surface area contributed by atoms with Crippen molar-refractivity contribution in [2.75, 3.05) is 11.9 Å². The molecule has 0 amide bonds. The molecule has 5 aromatic carbocycles. The smallest absolute Gasteiger partial charge is 0.169 e. The Labute approximate surface area is 214 Å². The summed E-state index contributed by atoms with van der Waals surface area (Å²) in [7, 11) is 2.08. The molecule has 2 aliphatic rings. The van der Waals surface area contributed by atoms with Gasteiger partial charge >= 0.3 is 0 Å². The maximum absolute atomic E-state index is 13.4. The lowest BCUT2D eigenvalue weighted by atomic mass is 9.90. The van der Waals surface area contributed by atoms with E-state index in [0.717, 1.165) is 38.2 Å². The van der Waals surface area contributed by atoms with Gasteiger partial charge < -0.3 is 4.90 Å². The van der Waals surface area contributed by atoms with E-state index >= 15 is 0 Å². The van der Waals surface area contributed by atoms with Crippen LogP contribution in [0.5, 0.6) is 0 Å². The van der Waals surface area contributed by atoms with E-state index in [9.17, 15) is 4.79 Å². The summed E-state index contributed by atoms with van der Waals surface area (Å²) < 4.78 is 0. The third kappa shape index (κ3) is 3.31. The predicted octanol–water partition coefficient (Wildman–Crippen LogP) is 8.47. The van der Waals surface area contributed by atoms with Gasteiger partial charge in [-0.25, -0.2) is 0 Å². The molecule has 0 atom stereocenters. The first kappa shape index (κ1) is 21.2. The Balaban J connectivity index is 1.33. The van der Waals surface area contributed by atoms with Crippen LogP contribution in [-0.2, 0) is 4.79 Å². The summed E-state index contributed by atoms with van der Waals surface area (Å²) in [6.45, 7) is 0. The number of thioether (sulfide) groups is 1. The first-order chi connectivity index (χ1) is 17.7. The topological polar surface area (TPSA) is 20.3 Å². The van der Waals surface area contributed by atoms with Gasteiger partial charge in [-0.2, -0.15) is 0 Å². The lowest BCUT2D eigenvalue weighted by Crippen LogP contribution is -2.26. The van der Waals surface area contributed by atoms with Gasteiger partial charge in [-0.15, -0.1) is 0 Å². The first-order valence-electron chi connectivity index (χ1n) is 12.2. The summed E-state index contributed by atoms with van der Waals surface area (Å²) in [4.78, 5) is 17.9. The van der Waals surface area contributed by atoms with Crippen molar-refractivity contribution in [3.8, 4) is 11.1 Å². The van der Waals surface area contributed by atoms with E-state index in [2.05, 4.69) is 103 Å². The predicted molar refractivity (Wildman–Crippen MR) is 152 cm³/mol. The lowest BCUT2D eigenvalue weighted by molar-refractivity contribution is -0.113. The highest BCUT2D eigenvalue weighted by atomic mass is 32.2. The Kier molecular flexibility index (Phi) is 4.86. The van der Waals surface area contributed by atoms with Gasteiger partial charge in [0, 0.05) is 28.1 Å². The normalized spacial score (nSPS) is 15.2. The second kappa shape index (κ2) is 8.25. The summed E-state index contributed by atoms with van der Waals surface area (Å²) >= 11 is 1.77. The van der Waals surface area contributed by atoms with E-state index in [1.165, 1.54) is 26.8 Å². The van der Waals surface area contributed by atoms with Crippen molar-refractivity contribution in [3.63, 3.8) is 0 Å². The SMILES string of the molecule is CN1C2=C(C=C(c3cccc4ccccc34)C(=O)C2)Sc2cc(-c3cccc4ccccc34)ccc21. The van der Waals surface area contributed by atoms with Crippen molar-refractivity contribution in [3.05, 3.63) is 125 Å². The fourth-order valence-electron chi connectivity index (χ4n) is 5.47. The Morgan fingerprint density at radius 2 is 1.36 bits per heavy atom. The number of anilines is 1. The van der Waals surface area contributed by atoms with E-state index in [-0.39, 0.29) is 5.78 Å². The van der Waals surface area contributed by atoms with Crippen LogP contribution in [-0.4, -0.2) is 12.8 Å². The number of carbonyl (C=O) groups excluding carboxylic acids is 1. The quantitative estimate of drug-likeness (QED) is 0.252. The molecular weight excluding hydrogens is 458 g/mol. The highest BCUT2D eigenvalue weighted by Crippen LogP contribution is 2.49. The monoisotopic (exact) mass is 481 g/mol. The van der Waals surface area contributed by atoms with Crippen molar-refractivity contribution in [2.45, 2.75) is 11.3 Å². The molecule has 0 spiro atoms. The first-order valence-corrected chi connectivity index (χ1v) is 13.0. The van der Waals surface area contributed by atoms with Crippen LogP contribution in [0.15, 0.2) is 125 Å². The van der Waals surface area contributed by atoms with Gasteiger partial charge in [-0.05, 0) is 56.4 Å². The molecule has 1 heterocycles. The fourth-order valence-corrected chi connectivity index (χ4v) is 6.71. The van der Waals surface area contributed by atoms with E-state index in [1.54, 1.807) is 11.8 Å². The summed E-state index contributed by atoms with van der Waals surface area (Å²) in [5.41, 5.74) is 6.51. The number of carbonyl (C=O) groups is 1. The summed E-state index contributed by atoms with van der Waals surface area (Å²) in [5, 5.41) is 4.78. The Morgan fingerprint density at radius 1 is 0.722 bits per heavy atom. The highest BCUT2D eigenvalue weighted by molar-refractivity contribution is 8.03. The molecule has 0 aromatic heterocycles.